The molecule has 190 valence electrons. The number of carboxylic acid groups (broad SMARTS) is 1. The minimum Gasteiger partial charge on any atom is -0.497 e. The molecule has 1 aromatic carbocycles. The van der Waals surface area contributed by atoms with Crippen LogP contribution < -0.4 is 20.1 Å². The Kier molecular flexibility index (Phi) is 10.6. The maximum absolute atomic E-state index is 13.4. The molecule has 9 heteroatoms. The quantitative estimate of drug-likeness (QED) is 0.395. The Morgan fingerprint density at radius 3 is 2.26 bits per heavy atom. The van der Waals surface area contributed by atoms with Crippen molar-refractivity contribution in [3.8, 4) is 11.5 Å². The Balaban J connectivity index is 3.17. The molecule has 0 aromatic heterocycles. The van der Waals surface area contributed by atoms with Gasteiger partial charge in [-0.2, -0.15) is 0 Å². The number of likely N-dealkylation sites (N-methyl/N-ethyl adjacent to an activating group) is 2. The predicted octanol–water partition coefficient (Wildman–Crippen LogP) is 2.20. The second kappa shape index (κ2) is 12.4. The lowest BCUT2D eigenvalue weighted by Crippen LogP contribution is -2.59. The van der Waals surface area contributed by atoms with Gasteiger partial charge in [-0.25, -0.2) is 4.79 Å². The van der Waals surface area contributed by atoms with Crippen LogP contribution in [-0.4, -0.2) is 74.7 Å². The number of amides is 2. The normalized spacial score (nSPS) is 13.8. The Hall–Kier alpha value is -3.07. The molecule has 2 atom stereocenters. The maximum Gasteiger partial charge on any atom is 0.331 e. The maximum atomic E-state index is 13.4. The van der Waals surface area contributed by atoms with Crippen molar-refractivity contribution in [1.29, 1.82) is 0 Å². The molecule has 2 unspecified atom stereocenters. The Morgan fingerprint density at radius 1 is 1.18 bits per heavy atom. The van der Waals surface area contributed by atoms with E-state index >= 15 is 0 Å². The van der Waals surface area contributed by atoms with Crippen LogP contribution in [0.1, 0.15) is 40.2 Å². The first-order valence-electron chi connectivity index (χ1n) is 11.2. The Morgan fingerprint density at radius 2 is 1.79 bits per heavy atom. The van der Waals surface area contributed by atoms with E-state index in [1.54, 1.807) is 34.4 Å². The Labute approximate surface area is 202 Å². The van der Waals surface area contributed by atoms with Crippen LogP contribution >= 0.6 is 0 Å². The molecule has 0 saturated carbocycles. The molecular weight excluding hydrogens is 438 g/mol. The highest BCUT2D eigenvalue weighted by molar-refractivity contribution is 5.91. The minimum absolute atomic E-state index is 0.125. The van der Waals surface area contributed by atoms with Gasteiger partial charge in [0.25, 0.3) is 0 Å². The third kappa shape index (κ3) is 6.96. The topological polar surface area (TPSA) is 117 Å². The number of ether oxygens (including phenoxy) is 2. The number of methoxy groups -OCH3 is 2. The van der Waals surface area contributed by atoms with Gasteiger partial charge in [-0.05, 0) is 26.0 Å². The van der Waals surface area contributed by atoms with Crippen molar-refractivity contribution < 1.29 is 29.0 Å². The van der Waals surface area contributed by atoms with Gasteiger partial charge in [0.1, 0.15) is 17.5 Å². The molecule has 3 N–H and O–H groups in total. The summed E-state index contributed by atoms with van der Waals surface area (Å²) in [6.45, 7) is 9.14. The highest BCUT2D eigenvalue weighted by Gasteiger charge is 2.39. The van der Waals surface area contributed by atoms with Crippen LogP contribution in [-0.2, 0) is 19.8 Å². The second-order valence-corrected chi connectivity index (χ2v) is 9.15. The molecule has 1 rings (SSSR count). The lowest BCUT2D eigenvalue weighted by atomic mass is 9.76. The largest absolute Gasteiger partial charge is 0.497 e. The summed E-state index contributed by atoms with van der Waals surface area (Å²) in [4.78, 5) is 38.9. The van der Waals surface area contributed by atoms with Gasteiger partial charge in [0.15, 0.2) is 0 Å². The van der Waals surface area contributed by atoms with Crippen LogP contribution in [0.5, 0.6) is 11.5 Å². The molecule has 0 fully saturated rings. The zero-order valence-electron chi connectivity index (χ0n) is 21.7. The highest BCUT2D eigenvalue weighted by atomic mass is 16.5. The van der Waals surface area contributed by atoms with Gasteiger partial charge in [-0.15, -0.1) is 0 Å². The van der Waals surface area contributed by atoms with Crippen LogP contribution in [0, 0.1) is 5.92 Å². The van der Waals surface area contributed by atoms with Crippen molar-refractivity contribution in [2.24, 2.45) is 5.92 Å². The lowest BCUT2D eigenvalue weighted by Gasteiger charge is -2.36. The molecule has 0 spiro atoms. The molecule has 0 saturated heterocycles. The summed E-state index contributed by atoms with van der Waals surface area (Å²) >= 11 is 0. The van der Waals surface area contributed by atoms with Crippen LogP contribution in [0.15, 0.2) is 29.8 Å². The third-order valence-corrected chi connectivity index (χ3v) is 5.99. The first-order valence-corrected chi connectivity index (χ1v) is 11.2. The fraction of sp³-hybridized carbons (Fsp3) is 0.560. The van der Waals surface area contributed by atoms with E-state index in [4.69, 9.17) is 14.6 Å². The monoisotopic (exact) mass is 477 g/mol. The first kappa shape index (κ1) is 29.0. The number of hydrogen-bond donors (Lipinski definition) is 3. The van der Waals surface area contributed by atoms with Crippen LogP contribution in [0.25, 0.3) is 0 Å². The van der Waals surface area contributed by atoms with Gasteiger partial charge in [0, 0.05) is 36.2 Å². The SMILES string of the molecule is CNC(C(=O)NC(C(=O)N(C)C/C=C(\C)C(=O)O)C(C)C)C(C)(C)c1ccc(OC)cc1OC. The molecule has 0 aliphatic heterocycles. The van der Waals surface area contributed by atoms with Crippen LogP contribution in [0.3, 0.4) is 0 Å². The summed E-state index contributed by atoms with van der Waals surface area (Å²) < 4.78 is 10.8. The van der Waals surface area contributed by atoms with E-state index in [1.807, 2.05) is 39.8 Å². The number of carboxylic acids is 1. The summed E-state index contributed by atoms with van der Waals surface area (Å²) in [6, 6.07) is 3.99. The minimum atomic E-state index is -1.04. The second-order valence-electron chi connectivity index (χ2n) is 9.15. The van der Waals surface area contributed by atoms with Gasteiger partial charge in [-0.3, -0.25) is 9.59 Å². The van der Waals surface area contributed by atoms with E-state index in [2.05, 4.69) is 10.6 Å². The van der Waals surface area contributed by atoms with E-state index < -0.39 is 23.5 Å². The molecule has 0 heterocycles. The van der Waals surface area contributed by atoms with E-state index in [1.165, 1.54) is 17.9 Å². The van der Waals surface area contributed by atoms with Crippen molar-refractivity contribution >= 4 is 17.8 Å². The molecule has 0 aliphatic rings. The zero-order valence-corrected chi connectivity index (χ0v) is 21.7. The molecule has 1 aromatic rings. The fourth-order valence-electron chi connectivity index (χ4n) is 3.74. The molecule has 34 heavy (non-hydrogen) atoms. The number of aliphatic carboxylic acids is 1. The summed E-state index contributed by atoms with van der Waals surface area (Å²) in [5, 5.41) is 15.0. The smallest absolute Gasteiger partial charge is 0.331 e. The number of nitrogens with zero attached hydrogens (tertiary/aromatic N) is 1. The first-order chi connectivity index (χ1) is 15.8. The number of hydrogen-bond acceptors (Lipinski definition) is 6. The Bertz CT molecular complexity index is 910. The summed E-state index contributed by atoms with van der Waals surface area (Å²) in [7, 11) is 6.41. The lowest BCUT2D eigenvalue weighted by molar-refractivity contribution is -0.137. The van der Waals surface area contributed by atoms with Crippen molar-refractivity contribution in [2.75, 3.05) is 34.9 Å². The van der Waals surface area contributed by atoms with Crippen LogP contribution in [0.4, 0.5) is 0 Å². The van der Waals surface area contributed by atoms with Crippen LogP contribution in [0.2, 0.25) is 0 Å². The molecular formula is C25H39N3O6. The van der Waals surface area contributed by atoms with Crippen molar-refractivity contribution in [2.45, 2.75) is 52.1 Å². The van der Waals surface area contributed by atoms with E-state index in [-0.39, 0.29) is 29.9 Å². The van der Waals surface area contributed by atoms with Crippen molar-refractivity contribution in [1.82, 2.24) is 15.5 Å². The predicted molar refractivity (Wildman–Crippen MR) is 131 cm³/mol. The number of benzene rings is 1. The summed E-state index contributed by atoms with van der Waals surface area (Å²) in [5.41, 5.74) is 0.258. The van der Waals surface area contributed by atoms with Crippen molar-refractivity contribution in [3.63, 3.8) is 0 Å². The van der Waals surface area contributed by atoms with E-state index in [0.29, 0.717) is 11.5 Å². The zero-order chi connectivity index (χ0) is 26.2. The molecule has 0 aliphatic carbocycles. The number of carbonyl (C=O) groups is 3. The van der Waals surface area contributed by atoms with E-state index in [9.17, 15) is 14.4 Å². The standard InChI is InChI=1S/C25H39N3O6/c1-15(2)20(23(30)28(7)13-12-16(3)24(31)32)27-22(29)21(26-6)25(4,5)18-11-10-17(33-8)14-19(18)34-9/h10-12,14-15,20-21,26H,13H2,1-9H3,(H,27,29)(H,31,32)/b16-12+. The summed E-state index contributed by atoms with van der Waals surface area (Å²) in [6.07, 6.45) is 1.47. The molecule has 0 bridgehead atoms. The van der Waals surface area contributed by atoms with Gasteiger partial charge in [0.2, 0.25) is 11.8 Å². The molecule has 0 radical (unpaired) electrons. The average molecular weight is 478 g/mol. The number of carbonyl (C=O) groups excluding carboxylic acids is 2. The van der Waals surface area contributed by atoms with Crippen molar-refractivity contribution in [3.05, 3.63) is 35.4 Å². The fourth-order valence-corrected chi connectivity index (χ4v) is 3.74. The highest BCUT2D eigenvalue weighted by Crippen LogP contribution is 2.36. The average Bonchev–Trinajstić information content (AvgIpc) is 2.79. The van der Waals surface area contributed by atoms with E-state index in [0.717, 1.165) is 5.56 Å². The number of nitrogens with one attached hydrogen (secondary N) is 2. The third-order valence-electron chi connectivity index (χ3n) is 5.99. The number of rotatable bonds is 12. The van der Waals surface area contributed by atoms with Gasteiger partial charge in [0.05, 0.1) is 20.3 Å². The summed E-state index contributed by atoms with van der Waals surface area (Å²) in [5.74, 6) is -0.616. The van der Waals surface area contributed by atoms with Gasteiger partial charge >= 0.3 is 5.97 Å². The molecule has 9 nitrogen and oxygen atoms in total. The molecule has 2 amide bonds. The van der Waals surface area contributed by atoms with Gasteiger partial charge < -0.3 is 30.1 Å². The van der Waals surface area contributed by atoms with Gasteiger partial charge in [-0.1, -0.05) is 39.8 Å².